The molecule has 68 valence electrons. The number of rotatable bonds is 2. The Morgan fingerprint density at radius 3 is 2.50 bits per heavy atom. The monoisotopic (exact) mass is 204 g/mol. The molecule has 0 aliphatic carbocycles. The largest absolute Gasteiger partial charge is 0.260 e. The number of hydrogen-bond donors (Lipinski definition) is 1. The van der Waals surface area contributed by atoms with Gasteiger partial charge in [-0.3, -0.25) is 4.98 Å². The highest BCUT2D eigenvalue weighted by Crippen LogP contribution is 2.12. The van der Waals surface area contributed by atoms with Crippen LogP contribution in [0, 0.1) is 6.92 Å². The van der Waals surface area contributed by atoms with Crippen molar-refractivity contribution in [3.8, 4) is 0 Å². The smallest absolute Gasteiger partial charge is 0.0423 e. The third-order valence-electron chi connectivity index (χ3n) is 1.04. The van der Waals surface area contributed by atoms with Crippen molar-refractivity contribution in [2.75, 3.05) is 0 Å². The van der Waals surface area contributed by atoms with Crippen molar-refractivity contribution in [3.63, 3.8) is 0 Å². The minimum Gasteiger partial charge on any atom is -0.260 e. The first kappa shape index (κ1) is 11.8. The summed E-state index contributed by atoms with van der Waals surface area (Å²) in [6.45, 7) is 5.95. The molecule has 12 heavy (non-hydrogen) atoms. The topological polar surface area (TPSA) is 24.9 Å². The van der Waals surface area contributed by atoms with Crippen LogP contribution >= 0.6 is 23.7 Å². The minimum atomic E-state index is 1.01. The van der Waals surface area contributed by atoms with Gasteiger partial charge in [0.2, 0.25) is 0 Å². The number of nitrogens with zero attached hydrogens (tertiary/aromatic N) is 1. The van der Waals surface area contributed by atoms with Crippen LogP contribution in [0.15, 0.2) is 23.2 Å². The molecule has 2 nitrogen and oxygen atoms in total. The highest BCUT2D eigenvalue weighted by Gasteiger charge is 1.90. The second kappa shape index (κ2) is 7.40. The Labute approximate surface area is 83.0 Å². The first-order valence-corrected chi connectivity index (χ1v) is 4.97. The fourth-order valence-corrected chi connectivity index (χ4v) is 1.16. The lowest BCUT2D eigenvalue weighted by molar-refractivity contribution is 1.15. The van der Waals surface area contributed by atoms with Gasteiger partial charge in [0, 0.05) is 16.8 Å². The first-order chi connectivity index (χ1) is 5.83. The van der Waals surface area contributed by atoms with Crippen molar-refractivity contribution >= 4 is 23.7 Å². The molecule has 1 aromatic heterocycles. The molecule has 0 atom stereocenters. The molecule has 0 saturated heterocycles. The number of halogens is 1. The molecule has 4 heteroatoms. The van der Waals surface area contributed by atoms with E-state index in [1.807, 2.05) is 32.9 Å². The lowest BCUT2D eigenvalue weighted by Gasteiger charge is -1.95. The summed E-state index contributed by atoms with van der Waals surface area (Å²) in [5.74, 6) is 0. The number of aromatic nitrogens is 1. The number of pyridine rings is 1. The predicted octanol–water partition coefficient (Wildman–Crippen LogP) is 3.17. The van der Waals surface area contributed by atoms with Crippen LogP contribution in [0.25, 0.3) is 0 Å². The van der Waals surface area contributed by atoms with Crippen molar-refractivity contribution < 1.29 is 0 Å². The highest BCUT2D eigenvalue weighted by atomic mass is 35.5. The van der Waals surface area contributed by atoms with E-state index in [4.69, 9.17) is 11.8 Å². The Morgan fingerprint density at radius 2 is 2.08 bits per heavy atom. The second-order valence-electron chi connectivity index (χ2n) is 1.81. The third kappa shape index (κ3) is 4.59. The van der Waals surface area contributed by atoms with E-state index in [1.54, 1.807) is 6.20 Å². The van der Waals surface area contributed by atoms with Gasteiger partial charge in [0.15, 0.2) is 0 Å². The van der Waals surface area contributed by atoms with Gasteiger partial charge in [-0.2, -0.15) is 4.24 Å². The Hall–Kier alpha value is -0.250. The van der Waals surface area contributed by atoms with Crippen LogP contribution in [0.2, 0.25) is 0 Å². The average molecular weight is 205 g/mol. The molecule has 0 spiro atoms. The summed E-state index contributed by atoms with van der Waals surface area (Å²) >= 11 is 6.60. The molecule has 1 heterocycles. The summed E-state index contributed by atoms with van der Waals surface area (Å²) in [4.78, 5) is 5.09. The van der Waals surface area contributed by atoms with Gasteiger partial charge in [-0.25, -0.2) is 0 Å². The van der Waals surface area contributed by atoms with E-state index >= 15 is 0 Å². The van der Waals surface area contributed by atoms with Crippen LogP contribution in [-0.2, 0) is 0 Å². The van der Waals surface area contributed by atoms with Crippen LogP contribution in [0.5, 0.6) is 0 Å². The van der Waals surface area contributed by atoms with Gasteiger partial charge in [0.25, 0.3) is 0 Å². The standard InChI is InChI=1S/C6H7ClN2S.C2H6/c1-5-2-3-6(4-8-5)10-9-7;1-2/h2-4,9H,1H3;1-2H3. The highest BCUT2D eigenvalue weighted by molar-refractivity contribution is 7.98. The SMILES string of the molecule is CC.Cc1ccc(SNCl)cn1. The van der Waals surface area contributed by atoms with Crippen LogP contribution in [0.1, 0.15) is 19.5 Å². The summed E-state index contributed by atoms with van der Waals surface area (Å²) < 4.78 is 2.45. The molecule has 0 aliphatic rings. The molecule has 0 unspecified atom stereocenters. The van der Waals surface area contributed by atoms with E-state index in [0.717, 1.165) is 10.6 Å². The maximum absolute atomic E-state index is 5.26. The molecule has 0 bridgehead atoms. The van der Waals surface area contributed by atoms with Gasteiger partial charge in [0.1, 0.15) is 0 Å². The van der Waals surface area contributed by atoms with Gasteiger partial charge >= 0.3 is 0 Å². The average Bonchev–Trinajstić information content (AvgIpc) is 2.13. The van der Waals surface area contributed by atoms with Crippen LogP contribution in [0.4, 0.5) is 0 Å². The Morgan fingerprint density at radius 1 is 1.42 bits per heavy atom. The van der Waals surface area contributed by atoms with Crippen LogP contribution < -0.4 is 4.24 Å². The summed E-state index contributed by atoms with van der Waals surface area (Å²) in [5, 5.41) is 0. The van der Waals surface area contributed by atoms with E-state index < -0.39 is 0 Å². The molecular formula is C8H13ClN2S. The van der Waals surface area contributed by atoms with Crippen LogP contribution in [0.3, 0.4) is 0 Å². The zero-order valence-corrected chi connectivity index (χ0v) is 9.04. The number of nitrogens with one attached hydrogen (secondary N) is 1. The Bertz CT molecular complexity index is 201. The maximum atomic E-state index is 5.26. The molecule has 0 aromatic carbocycles. The minimum absolute atomic E-state index is 1.01. The van der Waals surface area contributed by atoms with Gasteiger partial charge in [-0.1, -0.05) is 13.8 Å². The van der Waals surface area contributed by atoms with E-state index in [9.17, 15) is 0 Å². The Balaban J connectivity index is 0.000000561. The van der Waals surface area contributed by atoms with Crippen molar-refractivity contribution in [3.05, 3.63) is 24.0 Å². The summed E-state index contributed by atoms with van der Waals surface area (Å²) in [6.07, 6.45) is 1.77. The van der Waals surface area contributed by atoms with Crippen LogP contribution in [-0.4, -0.2) is 4.98 Å². The fourth-order valence-electron chi connectivity index (χ4n) is 0.559. The van der Waals surface area contributed by atoms with Crippen molar-refractivity contribution in [1.82, 2.24) is 9.23 Å². The third-order valence-corrected chi connectivity index (χ3v) is 1.83. The van der Waals surface area contributed by atoms with Crippen molar-refractivity contribution in [2.45, 2.75) is 25.7 Å². The quantitative estimate of drug-likeness (QED) is 0.592. The number of hydrogen-bond acceptors (Lipinski definition) is 3. The van der Waals surface area contributed by atoms with Gasteiger partial charge in [-0.15, -0.1) is 0 Å². The normalized spacial score (nSPS) is 8.67. The molecular weight excluding hydrogens is 192 g/mol. The molecule has 0 radical (unpaired) electrons. The number of aryl methyl sites for hydroxylation is 1. The zero-order valence-electron chi connectivity index (χ0n) is 7.47. The molecule has 1 rings (SSSR count). The lowest BCUT2D eigenvalue weighted by Crippen LogP contribution is -1.84. The molecule has 0 aliphatic heterocycles. The van der Waals surface area contributed by atoms with Crippen molar-refractivity contribution in [2.24, 2.45) is 0 Å². The van der Waals surface area contributed by atoms with Gasteiger partial charge in [0.05, 0.1) is 0 Å². The molecule has 0 saturated carbocycles. The molecule has 1 N–H and O–H groups in total. The van der Waals surface area contributed by atoms with E-state index in [2.05, 4.69) is 9.23 Å². The Kier molecular flexibility index (Phi) is 7.25. The van der Waals surface area contributed by atoms with E-state index in [1.165, 1.54) is 11.9 Å². The molecule has 0 fully saturated rings. The summed E-state index contributed by atoms with van der Waals surface area (Å²) in [5.41, 5.74) is 1.01. The van der Waals surface area contributed by atoms with Gasteiger partial charge in [-0.05, 0) is 42.8 Å². The van der Waals surface area contributed by atoms with E-state index in [-0.39, 0.29) is 0 Å². The first-order valence-electron chi connectivity index (χ1n) is 3.78. The summed E-state index contributed by atoms with van der Waals surface area (Å²) in [7, 11) is 0. The second-order valence-corrected chi connectivity index (χ2v) is 3.11. The molecule has 1 aromatic rings. The molecule has 0 amide bonds. The van der Waals surface area contributed by atoms with Crippen molar-refractivity contribution in [1.29, 1.82) is 0 Å². The summed E-state index contributed by atoms with van der Waals surface area (Å²) in [6, 6.07) is 3.90. The lowest BCUT2D eigenvalue weighted by atomic mass is 10.4. The van der Waals surface area contributed by atoms with Gasteiger partial charge < -0.3 is 0 Å². The van der Waals surface area contributed by atoms with E-state index in [0.29, 0.717) is 0 Å². The maximum Gasteiger partial charge on any atom is 0.0423 e. The fraction of sp³-hybridized carbons (Fsp3) is 0.375. The zero-order chi connectivity index (χ0) is 9.40. The predicted molar refractivity (Wildman–Crippen MR) is 55.2 cm³/mol.